The molecule has 0 saturated carbocycles. The zero-order chi connectivity index (χ0) is 13.8. The number of nitrogens with two attached hydrogens (primary N) is 1. The zero-order valence-corrected chi connectivity index (χ0v) is 8.96. The molecule has 4 nitrogen and oxygen atoms in total. The molecule has 0 aliphatic rings. The van der Waals surface area contributed by atoms with Crippen LogP contribution in [-0.4, -0.2) is 25.5 Å². The van der Waals surface area contributed by atoms with Gasteiger partial charge >= 0.3 is 12.1 Å². The highest BCUT2D eigenvalue weighted by atomic mass is 19.4. The predicted octanol–water partition coefficient (Wildman–Crippen LogP) is 2.10. The van der Waals surface area contributed by atoms with E-state index in [1.165, 1.54) is 0 Å². The summed E-state index contributed by atoms with van der Waals surface area (Å²) in [5.74, 6) is -1.63. The summed E-state index contributed by atoms with van der Waals surface area (Å²) < 4.78 is 56.2. The first-order valence-electron chi connectivity index (χ1n) is 4.66. The zero-order valence-electron chi connectivity index (χ0n) is 8.96. The Balaban J connectivity index is 2.46. The van der Waals surface area contributed by atoms with Crippen molar-refractivity contribution in [2.24, 2.45) is 0 Å². The molecule has 1 aromatic rings. The Hall–Kier alpha value is -1.83. The van der Waals surface area contributed by atoms with Gasteiger partial charge in [-0.25, -0.2) is 9.18 Å². The van der Waals surface area contributed by atoms with Crippen LogP contribution in [0.4, 0.5) is 23.2 Å². The monoisotopic (exact) mass is 267 g/mol. The molecule has 0 unspecified atom stereocenters. The van der Waals surface area contributed by atoms with Crippen LogP contribution in [0.15, 0.2) is 18.2 Å². The lowest BCUT2D eigenvalue weighted by Gasteiger charge is -2.09. The van der Waals surface area contributed by atoms with Gasteiger partial charge < -0.3 is 15.2 Å². The van der Waals surface area contributed by atoms with E-state index in [4.69, 9.17) is 5.73 Å². The van der Waals surface area contributed by atoms with Crippen molar-refractivity contribution in [3.8, 4) is 0 Å². The molecule has 0 bridgehead atoms. The second-order valence-corrected chi connectivity index (χ2v) is 3.24. The second kappa shape index (κ2) is 5.67. The molecule has 0 atom stereocenters. The molecule has 18 heavy (non-hydrogen) atoms. The molecular weight excluding hydrogens is 258 g/mol. The van der Waals surface area contributed by atoms with Gasteiger partial charge in [-0.15, -0.1) is 0 Å². The van der Waals surface area contributed by atoms with Gasteiger partial charge in [0.15, 0.2) is 6.79 Å². The van der Waals surface area contributed by atoms with Crippen molar-refractivity contribution in [1.82, 2.24) is 0 Å². The van der Waals surface area contributed by atoms with Crippen LogP contribution in [0.5, 0.6) is 0 Å². The van der Waals surface area contributed by atoms with E-state index in [2.05, 4.69) is 9.47 Å². The third kappa shape index (κ3) is 4.58. The van der Waals surface area contributed by atoms with Gasteiger partial charge in [-0.2, -0.15) is 13.2 Å². The van der Waals surface area contributed by atoms with Gasteiger partial charge in [0, 0.05) is 5.69 Å². The molecule has 0 saturated heterocycles. The minimum Gasteiger partial charge on any atom is -0.435 e. The van der Waals surface area contributed by atoms with Crippen molar-refractivity contribution in [1.29, 1.82) is 0 Å². The van der Waals surface area contributed by atoms with Gasteiger partial charge in [0.25, 0.3) is 0 Å². The van der Waals surface area contributed by atoms with Crippen LogP contribution in [0.25, 0.3) is 0 Å². The number of ether oxygens (including phenoxy) is 2. The Morgan fingerprint density at radius 1 is 1.33 bits per heavy atom. The van der Waals surface area contributed by atoms with Crippen LogP contribution >= 0.6 is 0 Å². The Morgan fingerprint density at radius 2 is 2.00 bits per heavy atom. The normalized spacial score (nSPS) is 11.3. The number of alkyl halides is 3. The van der Waals surface area contributed by atoms with E-state index in [0.717, 1.165) is 18.2 Å². The maximum atomic E-state index is 12.7. The summed E-state index contributed by atoms with van der Waals surface area (Å²) in [4.78, 5) is 11.3. The fourth-order valence-corrected chi connectivity index (χ4v) is 1.05. The first-order valence-corrected chi connectivity index (χ1v) is 4.66. The Bertz CT molecular complexity index is 434. The molecule has 0 radical (unpaired) electrons. The topological polar surface area (TPSA) is 61.6 Å². The van der Waals surface area contributed by atoms with E-state index in [-0.39, 0.29) is 11.3 Å². The van der Waals surface area contributed by atoms with Crippen molar-refractivity contribution in [2.45, 2.75) is 6.18 Å². The fourth-order valence-electron chi connectivity index (χ4n) is 1.05. The number of nitrogen functional groups attached to an aromatic ring is 1. The summed E-state index contributed by atoms with van der Waals surface area (Å²) in [6.07, 6.45) is -4.50. The average molecular weight is 267 g/mol. The maximum absolute atomic E-state index is 12.7. The number of esters is 1. The number of halogens is 4. The molecular formula is C10H9F4NO3. The van der Waals surface area contributed by atoms with E-state index < -0.39 is 31.4 Å². The van der Waals surface area contributed by atoms with Gasteiger partial charge in [0.1, 0.15) is 12.4 Å². The molecule has 2 N–H and O–H groups in total. The van der Waals surface area contributed by atoms with Crippen molar-refractivity contribution >= 4 is 11.7 Å². The predicted molar refractivity (Wildman–Crippen MR) is 53.1 cm³/mol. The van der Waals surface area contributed by atoms with E-state index in [1.807, 2.05) is 0 Å². The molecule has 0 fully saturated rings. The molecule has 0 aliphatic heterocycles. The Kier molecular flexibility index (Phi) is 4.49. The van der Waals surface area contributed by atoms with Gasteiger partial charge in [0.2, 0.25) is 0 Å². The number of hydrogen-bond donors (Lipinski definition) is 1. The summed E-state index contributed by atoms with van der Waals surface area (Å²) in [7, 11) is 0. The average Bonchev–Trinajstić information content (AvgIpc) is 2.22. The highest BCUT2D eigenvalue weighted by molar-refractivity contribution is 5.94. The third-order valence-corrected chi connectivity index (χ3v) is 1.77. The molecule has 0 spiro atoms. The minimum atomic E-state index is -4.50. The van der Waals surface area contributed by atoms with Crippen LogP contribution < -0.4 is 5.73 Å². The van der Waals surface area contributed by atoms with Crippen LogP contribution in [0.1, 0.15) is 10.4 Å². The summed E-state index contributed by atoms with van der Waals surface area (Å²) in [6, 6.07) is 2.94. The Labute approximate surface area is 99.3 Å². The maximum Gasteiger partial charge on any atom is 0.411 e. The standard InChI is InChI=1S/C10H9F4NO3/c11-6-1-2-7(8(15)3-6)9(16)18-5-17-4-10(12,13)14/h1-3H,4-5,15H2. The molecule has 1 rings (SSSR count). The van der Waals surface area contributed by atoms with Crippen LogP contribution in [0, 0.1) is 5.82 Å². The van der Waals surface area contributed by atoms with E-state index >= 15 is 0 Å². The van der Waals surface area contributed by atoms with E-state index in [0.29, 0.717) is 0 Å². The van der Waals surface area contributed by atoms with Crippen molar-refractivity contribution in [3.05, 3.63) is 29.6 Å². The van der Waals surface area contributed by atoms with Gasteiger partial charge in [-0.05, 0) is 18.2 Å². The highest BCUT2D eigenvalue weighted by Gasteiger charge is 2.27. The summed E-state index contributed by atoms with van der Waals surface area (Å²) >= 11 is 0. The van der Waals surface area contributed by atoms with Crippen molar-refractivity contribution in [2.75, 3.05) is 19.1 Å². The van der Waals surface area contributed by atoms with Crippen LogP contribution in [0.2, 0.25) is 0 Å². The SMILES string of the molecule is Nc1cc(F)ccc1C(=O)OCOCC(F)(F)F. The third-order valence-electron chi connectivity index (χ3n) is 1.77. The number of benzene rings is 1. The number of rotatable bonds is 4. The molecule has 100 valence electrons. The molecule has 8 heteroatoms. The lowest BCUT2D eigenvalue weighted by atomic mass is 10.2. The summed E-state index contributed by atoms with van der Waals surface area (Å²) in [5.41, 5.74) is 5.02. The second-order valence-electron chi connectivity index (χ2n) is 3.24. The minimum absolute atomic E-state index is 0.146. The molecule has 0 aliphatic carbocycles. The first-order chi connectivity index (χ1) is 8.29. The largest absolute Gasteiger partial charge is 0.435 e. The fraction of sp³-hybridized carbons (Fsp3) is 0.300. The van der Waals surface area contributed by atoms with Crippen LogP contribution in [0.3, 0.4) is 0 Å². The van der Waals surface area contributed by atoms with Crippen molar-refractivity contribution in [3.63, 3.8) is 0 Å². The number of carbonyl (C=O) groups is 1. The lowest BCUT2D eigenvalue weighted by molar-refractivity contribution is -0.190. The van der Waals surface area contributed by atoms with Crippen LogP contribution in [-0.2, 0) is 9.47 Å². The number of anilines is 1. The Morgan fingerprint density at radius 3 is 2.56 bits per heavy atom. The quantitative estimate of drug-likeness (QED) is 0.298. The van der Waals surface area contributed by atoms with E-state index in [9.17, 15) is 22.4 Å². The smallest absolute Gasteiger partial charge is 0.411 e. The first kappa shape index (κ1) is 14.2. The lowest BCUT2D eigenvalue weighted by Crippen LogP contribution is -2.19. The molecule has 1 aromatic carbocycles. The summed E-state index contributed by atoms with van der Waals surface area (Å²) in [5, 5.41) is 0. The number of hydrogen-bond acceptors (Lipinski definition) is 4. The van der Waals surface area contributed by atoms with Gasteiger partial charge in [0.05, 0.1) is 5.56 Å². The number of carbonyl (C=O) groups excluding carboxylic acids is 1. The highest BCUT2D eigenvalue weighted by Crippen LogP contribution is 2.16. The molecule has 0 heterocycles. The molecule has 0 amide bonds. The van der Waals surface area contributed by atoms with Crippen molar-refractivity contribution < 1.29 is 31.8 Å². The van der Waals surface area contributed by atoms with Gasteiger partial charge in [-0.3, -0.25) is 0 Å². The summed E-state index contributed by atoms with van der Waals surface area (Å²) in [6.45, 7) is -2.39. The van der Waals surface area contributed by atoms with E-state index in [1.54, 1.807) is 0 Å². The van der Waals surface area contributed by atoms with Gasteiger partial charge in [-0.1, -0.05) is 0 Å². The molecule has 0 aromatic heterocycles.